The monoisotopic (exact) mass is 330 g/mol. The molecule has 0 saturated carbocycles. The second kappa shape index (κ2) is 6.86. The second-order valence-corrected chi connectivity index (χ2v) is 4.86. The van der Waals surface area contributed by atoms with Crippen LogP contribution in [0.15, 0.2) is 52.9 Å². The molecule has 3 rings (SSSR count). The van der Waals surface area contributed by atoms with Crippen molar-refractivity contribution >= 4 is 17.7 Å². The van der Waals surface area contributed by atoms with E-state index in [9.17, 15) is 13.6 Å². The van der Waals surface area contributed by atoms with Crippen LogP contribution in [0.3, 0.4) is 0 Å². The third-order valence-corrected chi connectivity index (χ3v) is 3.08. The number of anilines is 2. The Balaban J connectivity index is 1.60. The maximum absolute atomic E-state index is 13.4. The van der Waals surface area contributed by atoms with Gasteiger partial charge in [0.2, 0.25) is 5.89 Å². The molecule has 8 heteroatoms. The highest BCUT2D eigenvalue weighted by molar-refractivity contribution is 5.98. The Hall–Kier alpha value is -3.29. The number of halogens is 2. The van der Waals surface area contributed by atoms with Crippen LogP contribution in [0, 0.1) is 11.6 Å². The van der Waals surface area contributed by atoms with E-state index in [1.807, 2.05) is 0 Å². The Morgan fingerprint density at radius 2 is 1.75 bits per heavy atom. The van der Waals surface area contributed by atoms with Gasteiger partial charge in [-0.2, -0.15) is 0 Å². The standard InChI is InChI=1S/C16H12F2N4O2/c17-11-7-5-10(6-8-11)9-14-21-22-16(24-14)20-15(23)19-13-4-2-1-3-12(13)18/h1-8H,9H2,(H2,19,20,22,23). The number of rotatable bonds is 4. The molecule has 2 N–H and O–H groups in total. The number of hydrogen-bond acceptors (Lipinski definition) is 4. The number of nitrogens with zero attached hydrogens (tertiary/aromatic N) is 2. The Bertz CT molecular complexity index is 849. The second-order valence-electron chi connectivity index (χ2n) is 4.86. The van der Waals surface area contributed by atoms with Gasteiger partial charge in [0.15, 0.2) is 0 Å². The van der Waals surface area contributed by atoms with Crippen molar-refractivity contribution in [1.29, 1.82) is 0 Å². The molecule has 0 saturated heterocycles. The normalized spacial score (nSPS) is 10.4. The molecule has 3 aromatic rings. The number of nitrogens with one attached hydrogen (secondary N) is 2. The van der Waals surface area contributed by atoms with Gasteiger partial charge in [0.05, 0.1) is 12.1 Å². The zero-order chi connectivity index (χ0) is 16.9. The highest BCUT2D eigenvalue weighted by Crippen LogP contribution is 2.14. The van der Waals surface area contributed by atoms with Crippen LogP contribution in [0.4, 0.5) is 25.3 Å². The van der Waals surface area contributed by atoms with E-state index in [1.54, 1.807) is 18.2 Å². The van der Waals surface area contributed by atoms with Crippen LogP contribution in [0.2, 0.25) is 0 Å². The minimum absolute atomic E-state index is 0.0288. The van der Waals surface area contributed by atoms with Gasteiger partial charge in [-0.05, 0) is 29.8 Å². The number of aromatic nitrogens is 2. The predicted octanol–water partition coefficient (Wildman–Crippen LogP) is 3.58. The van der Waals surface area contributed by atoms with E-state index in [2.05, 4.69) is 20.8 Å². The van der Waals surface area contributed by atoms with Gasteiger partial charge in [-0.3, -0.25) is 5.32 Å². The Morgan fingerprint density at radius 3 is 2.50 bits per heavy atom. The Kier molecular flexibility index (Phi) is 4.46. The van der Waals surface area contributed by atoms with Crippen LogP contribution < -0.4 is 10.6 Å². The fourth-order valence-electron chi connectivity index (χ4n) is 1.97. The van der Waals surface area contributed by atoms with Gasteiger partial charge in [0.1, 0.15) is 11.6 Å². The van der Waals surface area contributed by atoms with Gasteiger partial charge >= 0.3 is 12.0 Å². The molecule has 6 nitrogen and oxygen atoms in total. The van der Waals surface area contributed by atoms with Gasteiger partial charge in [0, 0.05) is 0 Å². The molecule has 0 unspecified atom stereocenters. The van der Waals surface area contributed by atoms with Crippen LogP contribution >= 0.6 is 0 Å². The Morgan fingerprint density at radius 1 is 1.00 bits per heavy atom. The van der Waals surface area contributed by atoms with Gasteiger partial charge < -0.3 is 9.73 Å². The summed E-state index contributed by atoms with van der Waals surface area (Å²) >= 11 is 0. The molecule has 1 aromatic heterocycles. The number of carbonyl (C=O) groups is 1. The van der Waals surface area contributed by atoms with Gasteiger partial charge in [-0.1, -0.05) is 29.4 Å². The fourth-order valence-corrected chi connectivity index (χ4v) is 1.97. The van der Waals surface area contributed by atoms with Crippen molar-refractivity contribution in [2.75, 3.05) is 10.6 Å². The molecule has 24 heavy (non-hydrogen) atoms. The third-order valence-electron chi connectivity index (χ3n) is 3.08. The zero-order valence-electron chi connectivity index (χ0n) is 12.3. The number of urea groups is 1. The minimum atomic E-state index is -0.711. The zero-order valence-corrected chi connectivity index (χ0v) is 12.3. The van der Waals surface area contributed by atoms with Crippen LogP contribution in [0.5, 0.6) is 0 Å². The number of hydrogen-bond donors (Lipinski definition) is 2. The quantitative estimate of drug-likeness (QED) is 0.766. The van der Waals surface area contributed by atoms with Gasteiger partial charge in [-0.15, -0.1) is 5.10 Å². The van der Waals surface area contributed by atoms with Crippen molar-refractivity contribution in [3.05, 3.63) is 71.6 Å². The van der Waals surface area contributed by atoms with Crippen molar-refractivity contribution in [3.8, 4) is 0 Å². The number of para-hydroxylation sites is 1. The number of benzene rings is 2. The summed E-state index contributed by atoms with van der Waals surface area (Å²) in [6, 6.07) is 10.8. The molecular weight excluding hydrogens is 318 g/mol. The topological polar surface area (TPSA) is 80.1 Å². The Labute approximate surface area is 135 Å². The van der Waals surface area contributed by atoms with E-state index in [0.29, 0.717) is 6.42 Å². The third kappa shape index (κ3) is 3.92. The van der Waals surface area contributed by atoms with E-state index in [1.165, 1.54) is 30.3 Å². The van der Waals surface area contributed by atoms with Crippen LogP contribution in [0.1, 0.15) is 11.5 Å². The summed E-state index contributed by atoms with van der Waals surface area (Å²) in [4.78, 5) is 11.8. The van der Waals surface area contributed by atoms with Gasteiger partial charge in [0.25, 0.3) is 0 Å². The first-order chi connectivity index (χ1) is 11.6. The first-order valence-corrected chi connectivity index (χ1v) is 6.99. The average molecular weight is 330 g/mol. The molecule has 0 aliphatic carbocycles. The van der Waals surface area contributed by atoms with Crippen molar-refractivity contribution in [2.45, 2.75) is 6.42 Å². The van der Waals surface area contributed by atoms with E-state index < -0.39 is 11.8 Å². The lowest BCUT2D eigenvalue weighted by Crippen LogP contribution is -2.20. The lowest BCUT2D eigenvalue weighted by Gasteiger charge is -2.05. The van der Waals surface area contributed by atoms with Crippen LogP contribution in [-0.4, -0.2) is 16.2 Å². The maximum Gasteiger partial charge on any atom is 0.327 e. The smallest absolute Gasteiger partial charge is 0.327 e. The molecule has 122 valence electrons. The lowest BCUT2D eigenvalue weighted by atomic mass is 10.1. The summed E-state index contributed by atoms with van der Waals surface area (Å²) in [5.74, 6) is -0.644. The van der Waals surface area contributed by atoms with Crippen molar-refractivity contribution in [1.82, 2.24) is 10.2 Å². The van der Waals surface area contributed by atoms with Crippen LogP contribution in [-0.2, 0) is 6.42 Å². The highest BCUT2D eigenvalue weighted by atomic mass is 19.1. The molecule has 2 aromatic carbocycles. The fraction of sp³-hybridized carbons (Fsp3) is 0.0625. The molecule has 0 atom stereocenters. The molecule has 0 aliphatic rings. The maximum atomic E-state index is 13.4. The number of carbonyl (C=O) groups excluding carboxylic acids is 1. The van der Waals surface area contributed by atoms with Crippen molar-refractivity contribution < 1.29 is 18.0 Å². The molecule has 0 aliphatic heterocycles. The summed E-state index contributed by atoms with van der Waals surface area (Å²) in [5, 5.41) is 12.1. The first kappa shape index (κ1) is 15.6. The molecular formula is C16H12F2N4O2. The summed E-state index contributed by atoms with van der Waals surface area (Å²) in [6.07, 6.45) is 0.296. The molecule has 0 bridgehead atoms. The summed E-state index contributed by atoms with van der Waals surface area (Å²) in [7, 11) is 0. The van der Waals surface area contributed by atoms with E-state index >= 15 is 0 Å². The SMILES string of the molecule is O=C(Nc1nnc(Cc2ccc(F)cc2)o1)Nc1ccccc1F. The van der Waals surface area contributed by atoms with E-state index in [-0.39, 0.29) is 23.4 Å². The van der Waals surface area contributed by atoms with Crippen LogP contribution in [0.25, 0.3) is 0 Å². The van der Waals surface area contributed by atoms with Crippen molar-refractivity contribution in [2.24, 2.45) is 0 Å². The first-order valence-electron chi connectivity index (χ1n) is 6.99. The number of amides is 2. The molecule has 0 spiro atoms. The largest absolute Gasteiger partial charge is 0.407 e. The minimum Gasteiger partial charge on any atom is -0.407 e. The summed E-state index contributed by atoms with van der Waals surface area (Å²) in [5.41, 5.74) is 0.809. The predicted molar refractivity (Wildman–Crippen MR) is 82.5 cm³/mol. The molecule has 1 heterocycles. The summed E-state index contributed by atoms with van der Waals surface area (Å²) < 4.78 is 31.6. The molecule has 2 amide bonds. The average Bonchev–Trinajstić information content (AvgIpc) is 2.99. The summed E-state index contributed by atoms with van der Waals surface area (Å²) in [6.45, 7) is 0. The van der Waals surface area contributed by atoms with E-state index in [0.717, 1.165) is 5.56 Å². The van der Waals surface area contributed by atoms with Crippen molar-refractivity contribution in [3.63, 3.8) is 0 Å². The molecule has 0 radical (unpaired) electrons. The molecule has 0 fully saturated rings. The van der Waals surface area contributed by atoms with Gasteiger partial charge in [-0.25, -0.2) is 13.6 Å². The highest BCUT2D eigenvalue weighted by Gasteiger charge is 2.11. The van der Waals surface area contributed by atoms with E-state index in [4.69, 9.17) is 4.42 Å². The lowest BCUT2D eigenvalue weighted by molar-refractivity contribution is 0.261.